The summed E-state index contributed by atoms with van der Waals surface area (Å²) in [5.74, 6) is 1.89. The first-order valence-electron chi connectivity index (χ1n) is 8.29. The Bertz CT molecular complexity index is 1070. The van der Waals surface area contributed by atoms with E-state index in [1.807, 2.05) is 42.5 Å². The number of nitrogens with zero attached hydrogens (tertiary/aromatic N) is 2. The van der Waals surface area contributed by atoms with Crippen LogP contribution in [0, 0.1) is 11.3 Å². The monoisotopic (exact) mass is 356 g/mol. The fraction of sp³-hybridized carbons (Fsp3) is 0.0476. The molecule has 0 unspecified atom stereocenters. The Kier molecular flexibility index (Phi) is 4.11. The molecule has 1 aliphatic heterocycles. The molecule has 0 aliphatic carbocycles. The summed E-state index contributed by atoms with van der Waals surface area (Å²) in [6.45, 7) is 4.37. The van der Waals surface area contributed by atoms with Crippen LogP contribution in [-0.2, 0) is 11.3 Å². The number of fused-ring (bicyclic) bond motifs is 1. The SMILES string of the molecule is C=C1OCc2cc(Nc3cc(N)c(C#N)c(Oc4ccccc4)n3)ccc21. The molecule has 0 radical (unpaired) electrons. The van der Waals surface area contributed by atoms with Crippen LogP contribution in [-0.4, -0.2) is 4.98 Å². The van der Waals surface area contributed by atoms with Crippen LogP contribution in [0.5, 0.6) is 11.6 Å². The second-order valence-electron chi connectivity index (χ2n) is 6.01. The smallest absolute Gasteiger partial charge is 0.241 e. The summed E-state index contributed by atoms with van der Waals surface area (Å²) < 4.78 is 11.2. The third-order valence-corrected chi connectivity index (χ3v) is 4.17. The number of para-hydroxylation sites is 1. The van der Waals surface area contributed by atoms with Gasteiger partial charge in [-0.25, -0.2) is 0 Å². The first kappa shape index (κ1) is 16.5. The molecule has 27 heavy (non-hydrogen) atoms. The van der Waals surface area contributed by atoms with E-state index in [1.165, 1.54) is 0 Å². The number of ether oxygens (including phenoxy) is 2. The van der Waals surface area contributed by atoms with Gasteiger partial charge in [-0.1, -0.05) is 24.8 Å². The lowest BCUT2D eigenvalue weighted by Crippen LogP contribution is -2.02. The summed E-state index contributed by atoms with van der Waals surface area (Å²) in [6.07, 6.45) is 0. The van der Waals surface area contributed by atoms with Crippen molar-refractivity contribution in [2.24, 2.45) is 0 Å². The number of hydrogen-bond donors (Lipinski definition) is 2. The summed E-state index contributed by atoms with van der Waals surface area (Å²) in [5, 5.41) is 12.6. The van der Waals surface area contributed by atoms with Crippen molar-refractivity contribution in [1.29, 1.82) is 5.26 Å². The van der Waals surface area contributed by atoms with E-state index in [4.69, 9.17) is 15.2 Å². The van der Waals surface area contributed by atoms with Crippen LogP contribution in [0.4, 0.5) is 17.2 Å². The summed E-state index contributed by atoms with van der Waals surface area (Å²) in [4.78, 5) is 4.42. The van der Waals surface area contributed by atoms with Crippen LogP contribution in [0.15, 0.2) is 61.2 Å². The Morgan fingerprint density at radius 1 is 1.19 bits per heavy atom. The van der Waals surface area contributed by atoms with E-state index in [2.05, 4.69) is 16.9 Å². The van der Waals surface area contributed by atoms with Gasteiger partial charge in [0.1, 0.15) is 35.6 Å². The molecule has 0 spiro atoms. The second kappa shape index (κ2) is 6.73. The minimum Gasteiger partial charge on any atom is -0.489 e. The van der Waals surface area contributed by atoms with Gasteiger partial charge in [-0.15, -0.1) is 0 Å². The zero-order valence-electron chi connectivity index (χ0n) is 14.4. The maximum absolute atomic E-state index is 9.40. The van der Waals surface area contributed by atoms with E-state index in [9.17, 15) is 5.26 Å². The van der Waals surface area contributed by atoms with Crippen molar-refractivity contribution < 1.29 is 9.47 Å². The van der Waals surface area contributed by atoms with Crippen LogP contribution in [0.1, 0.15) is 16.7 Å². The Balaban J connectivity index is 1.66. The topological polar surface area (TPSA) is 93.2 Å². The lowest BCUT2D eigenvalue weighted by atomic mass is 10.1. The van der Waals surface area contributed by atoms with Crippen LogP contribution in [0.25, 0.3) is 5.76 Å². The van der Waals surface area contributed by atoms with Crippen molar-refractivity contribution in [2.45, 2.75) is 6.61 Å². The van der Waals surface area contributed by atoms with Gasteiger partial charge in [0, 0.05) is 22.9 Å². The number of nitrogen functional groups attached to an aromatic ring is 1. The first-order chi connectivity index (χ1) is 13.1. The van der Waals surface area contributed by atoms with Gasteiger partial charge >= 0.3 is 0 Å². The van der Waals surface area contributed by atoms with E-state index >= 15 is 0 Å². The minimum absolute atomic E-state index is 0.157. The molecule has 1 aliphatic rings. The van der Waals surface area contributed by atoms with Crippen molar-refractivity contribution in [3.8, 4) is 17.7 Å². The molecule has 1 aromatic heterocycles. The second-order valence-corrected chi connectivity index (χ2v) is 6.01. The molecule has 6 nitrogen and oxygen atoms in total. The molecule has 3 aromatic rings. The van der Waals surface area contributed by atoms with Crippen LogP contribution in [0.2, 0.25) is 0 Å². The predicted octanol–water partition coefficient (Wildman–Crippen LogP) is 4.57. The molecule has 0 bridgehead atoms. The van der Waals surface area contributed by atoms with Gasteiger partial charge in [-0.2, -0.15) is 10.2 Å². The molecular formula is C21H16N4O2. The number of aromatic nitrogens is 1. The summed E-state index contributed by atoms with van der Waals surface area (Å²) >= 11 is 0. The Morgan fingerprint density at radius 2 is 2.00 bits per heavy atom. The maximum atomic E-state index is 9.40. The molecule has 3 N–H and O–H groups in total. The number of nitrogens with one attached hydrogen (secondary N) is 1. The molecule has 0 amide bonds. The highest BCUT2D eigenvalue weighted by molar-refractivity contribution is 5.71. The van der Waals surface area contributed by atoms with Gasteiger partial charge in [0.2, 0.25) is 5.88 Å². The Labute approximate surface area is 156 Å². The van der Waals surface area contributed by atoms with Gasteiger partial charge in [0.15, 0.2) is 0 Å². The Morgan fingerprint density at radius 3 is 2.78 bits per heavy atom. The average molecular weight is 356 g/mol. The molecular weight excluding hydrogens is 340 g/mol. The fourth-order valence-corrected chi connectivity index (χ4v) is 2.84. The highest BCUT2D eigenvalue weighted by Crippen LogP contribution is 2.33. The fourth-order valence-electron chi connectivity index (χ4n) is 2.84. The first-order valence-corrected chi connectivity index (χ1v) is 8.29. The van der Waals surface area contributed by atoms with Crippen LogP contribution >= 0.6 is 0 Å². The summed E-state index contributed by atoms with van der Waals surface area (Å²) in [5.41, 5.74) is 9.40. The van der Waals surface area contributed by atoms with Crippen molar-refractivity contribution in [3.63, 3.8) is 0 Å². The van der Waals surface area contributed by atoms with Gasteiger partial charge in [-0.3, -0.25) is 0 Å². The number of hydrogen-bond acceptors (Lipinski definition) is 6. The van der Waals surface area contributed by atoms with Gasteiger partial charge in [-0.05, 0) is 30.3 Å². The van der Waals surface area contributed by atoms with Gasteiger partial charge < -0.3 is 20.5 Å². The van der Waals surface area contributed by atoms with Crippen molar-refractivity contribution >= 4 is 23.0 Å². The quantitative estimate of drug-likeness (QED) is 0.711. The minimum atomic E-state index is 0.157. The van der Waals surface area contributed by atoms with E-state index < -0.39 is 0 Å². The summed E-state index contributed by atoms with van der Waals surface area (Å²) in [7, 11) is 0. The predicted molar refractivity (Wildman–Crippen MR) is 103 cm³/mol. The lowest BCUT2D eigenvalue weighted by molar-refractivity contribution is 0.286. The van der Waals surface area contributed by atoms with Crippen molar-refractivity contribution in [2.75, 3.05) is 11.1 Å². The molecule has 0 saturated carbocycles. The maximum Gasteiger partial charge on any atom is 0.241 e. The number of benzene rings is 2. The molecule has 0 atom stereocenters. The van der Waals surface area contributed by atoms with Gasteiger partial charge in [0.05, 0.1) is 5.69 Å². The third-order valence-electron chi connectivity index (χ3n) is 4.17. The summed E-state index contributed by atoms with van der Waals surface area (Å²) in [6, 6.07) is 18.6. The molecule has 2 heterocycles. The largest absolute Gasteiger partial charge is 0.489 e. The van der Waals surface area contributed by atoms with Crippen LogP contribution in [0.3, 0.4) is 0 Å². The normalized spacial score (nSPS) is 12.0. The number of anilines is 3. The van der Waals surface area contributed by atoms with E-state index in [-0.39, 0.29) is 11.4 Å². The lowest BCUT2D eigenvalue weighted by Gasteiger charge is -2.12. The molecule has 0 saturated heterocycles. The zero-order valence-corrected chi connectivity index (χ0v) is 14.4. The number of rotatable bonds is 4. The molecule has 4 rings (SSSR count). The molecule has 132 valence electrons. The van der Waals surface area contributed by atoms with E-state index in [0.29, 0.717) is 29.6 Å². The average Bonchev–Trinajstić information content (AvgIpc) is 3.03. The van der Waals surface area contributed by atoms with Gasteiger partial charge in [0.25, 0.3) is 0 Å². The number of nitrogens with two attached hydrogens (primary N) is 1. The highest BCUT2D eigenvalue weighted by atomic mass is 16.5. The number of nitriles is 1. The molecule has 0 fully saturated rings. The Hall–Kier alpha value is -3.98. The van der Waals surface area contributed by atoms with Crippen molar-refractivity contribution in [3.05, 3.63) is 77.9 Å². The highest BCUT2D eigenvalue weighted by Gasteiger charge is 2.17. The van der Waals surface area contributed by atoms with E-state index in [1.54, 1.807) is 18.2 Å². The zero-order chi connectivity index (χ0) is 18.8. The molecule has 6 heteroatoms. The van der Waals surface area contributed by atoms with Crippen LogP contribution < -0.4 is 15.8 Å². The third kappa shape index (κ3) is 3.26. The number of pyridine rings is 1. The van der Waals surface area contributed by atoms with E-state index in [0.717, 1.165) is 16.8 Å². The molecule has 2 aromatic carbocycles. The standard InChI is InChI=1S/C21H16N4O2/c1-13-17-8-7-15(9-14(17)12-26-13)24-20-10-19(23)18(11-22)21(25-20)27-16-5-3-2-4-6-16/h2-10H,1,12H2,(H3,23,24,25). The van der Waals surface area contributed by atoms with Crippen molar-refractivity contribution in [1.82, 2.24) is 4.98 Å².